The molecule has 0 aliphatic carbocycles. The van der Waals surface area contributed by atoms with Crippen LogP contribution >= 0.6 is 0 Å². The number of anilines is 1. The zero-order valence-electron chi connectivity index (χ0n) is 15.6. The van der Waals surface area contributed by atoms with Crippen molar-refractivity contribution < 1.29 is 22.4 Å². The lowest BCUT2D eigenvalue weighted by atomic mass is 10.3. The van der Waals surface area contributed by atoms with E-state index >= 15 is 0 Å². The lowest BCUT2D eigenvalue weighted by Gasteiger charge is -2.11. The first-order valence-corrected chi connectivity index (χ1v) is 10.4. The highest BCUT2D eigenvalue weighted by atomic mass is 32.2. The highest BCUT2D eigenvalue weighted by molar-refractivity contribution is 7.92. The number of nitrogens with zero attached hydrogens (tertiary/aromatic N) is 3. The van der Waals surface area contributed by atoms with Gasteiger partial charge >= 0.3 is 11.8 Å². The van der Waals surface area contributed by atoms with Gasteiger partial charge < -0.3 is 19.0 Å². The molecule has 2 aromatic heterocycles. The largest absolute Gasteiger partial charge is 0.495 e. The van der Waals surface area contributed by atoms with Crippen LogP contribution in [0.1, 0.15) is 23.5 Å². The fourth-order valence-corrected chi connectivity index (χ4v) is 4.12. The molecule has 2 N–H and O–H groups in total. The predicted octanol–water partition coefficient (Wildman–Crippen LogP) is 2.11. The Kier molecular flexibility index (Phi) is 4.97. The Morgan fingerprint density at radius 2 is 2.00 bits per heavy atom. The molecule has 0 atom stereocenters. The van der Waals surface area contributed by atoms with Crippen LogP contribution in [0.15, 0.2) is 45.8 Å². The van der Waals surface area contributed by atoms with Gasteiger partial charge in [-0.15, -0.1) is 10.2 Å². The van der Waals surface area contributed by atoms with Crippen LogP contribution in [0, 0.1) is 0 Å². The second-order valence-corrected chi connectivity index (χ2v) is 8.15. The maximum Gasteiger partial charge on any atom is 0.311 e. The number of likely N-dealkylation sites (tertiary alicyclic amines) is 1. The number of H-pyrrole nitrogens is 1. The van der Waals surface area contributed by atoms with Gasteiger partial charge in [0.1, 0.15) is 16.3 Å². The van der Waals surface area contributed by atoms with E-state index in [2.05, 4.69) is 19.9 Å². The Hall–Kier alpha value is -3.34. The maximum atomic E-state index is 12.7. The third-order valence-corrected chi connectivity index (χ3v) is 5.89. The number of aromatic amines is 1. The Balaban J connectivity index is 1.54. The van der Waals surface area contributed by atoms with Gasteiger partial charge in [-0.2, -0.15) is 0 Å². The molecule has 10 nitrogen and oxygen atoms in total. The van der Waals surface area contributed by atoms with Gasteiger partial charge in [0.2, 0.25) is 0 Å². The normalized spacial score (nSPS) is 14.2. The minimum atomic E-state index is -3.88. The number of rotatable bonds is 6. The minimum Gasteiger partial charge on any atom is -0.495 e. The second-order valence-electron chi connectivity index (χ2n) is 6.47. The van der Waals surface area contributed by atoms with Gasteiger partial charge in [-0.3, -0.25) is 9.52 Å². The molecule has 0 saturated carbocycles. The van der Waals surface area contributed by atoms with E-state index < -0.39 is 10.0 Å². The average Bonchev–Trinajstić information content (AvgIpc) is 3.49. The number of amides is 1. The van der Waals surface area contributed by atoms with Crippen LogP contribution in [-0.4, -0.2) is 54.6 Å². The fourth-order valence-electron chi connectivity index (χ4n) is 3.06. The van der Waals surface area contributed by atoms with Gasteiger partial charge in [0, 0.05) is 19.3 Å². The van der Waals surface area contributed by atoms with Crippen molar-refractivity contribution in [1.82, 2.24) is 20.1 Å². The molecule has 0 spiro atoms. The number of sulfonamides is 1. The van der Waals surface area contributed by atoms with Crippen LogP contribution in [0.5, 0.6) is 5.75 Å². The van der Waals surface area contributed by atoms with Crippen LogP contribution in [0.25, 0.3) is 11.6 Å². The number of carbonyl (C=O) groups excluding carboxylic acids is 1. The van der Waals surface area contributed by atoms with Gasteiger partial charge in [0.15, 0.2) is 0 Å². The lowest BCUT2D eigenvalue weighted by Crippen LogP contribution is -2.27. The first-order valence-electron chi connectivity index (χ1n) is 8.95. The van der Waals surface area contributed by atoms with Crippen molar-refractivity contribution in [1.29, 1.82) is 0 Å². The number of aromatic nitrogens is 3. The van der Waals surface area contributed by atoms with Crippen molar-refractivity contribution in [3.05, 3.63) is 42.4 Å². The molecule has 0 radical (unpaired) electrons. The molecule has 1 amide bonds. The van der Waals surface area contributed by atoms with E-state index in [1.54, 1.807) is 29.2 Å². The fraction of sp³-hybridized carbons (Fsp3) is 0.278. The van der Waals surface area contributed by atoms with Gasteiger partial charge in [-0.05, 0) is 31.0 Å². The number of benzene rings is 1. The van der Waals surface area contributed by atoms with Crippen molar-refractivity contribution in [2.45, 2.75) is 17.7 Å². The average molecular weight is 417 g/mol. The standard InChI is InChI=1S/C18H19N5O5S/c1-27-15-7-3-2-6-13(15)22-29(25,26)12-10-14(19-11-12)16-20-21-17(28-16)18(24)23-8-4-5-9-23/h2-3,6-7,10-11,19,22H,4-5,8-9H2,1H3. The van der Waals surface area contributed by atoms with Gasteiger partial charge in [0.05, 0.1) is 12.8 Å². The minimum absolute atomic E-state index is 0.0241. The summed E-state index contributed by atoms with van der Waals surface area (Å²) >= 11 is 0. The smallest absolute Gasteiger partial charge is 0.311 e. The molecule has 29 heavy (non-hydrogen) atoms. The third-order valence-electron chi connectivity index (χ3n) is 4.55. The van der Waals surface area contributed by atoms with Crippen LogP contribution < -0.4 is 9.46 Å². The molecule has 1 fully saturated rings. The number of carbonyl (C=O) groups is 1. The molecule has 1 aliphatic heterocycles. The topological polar surface area (TPSA) is 130 Å². The molecule has 11 heteroatoms. The van der Waals surface area contributed by atoms with Crippen LogP contribution in [0.4, 0.5) is 5.69 Å². The van der Waals surface area contributed by atoms with Crippen molar-refractivity contribution in [2.24, 2.45) is 0 Å². The van der Waals surface area contributed by atoms with Crippen molar-refractivity contribution in [3.63, 3.8) is 0 Å². The highest BCUT2D eigenvalue weighted by Gasteiger charge is 2.26. The third kappa shape index (κ3) is 3.81. The van der Waals surface area contributed by atoms with Gasteiger partial charge in [-0.1, -0.05) is 12.1 Å². The van der Waals surface area contributed by atoms with Crippen LogP contribution in [0.3, 0.4) is 0 Å². The molecule has 1 saturated heterocycles. The number of ether oxygens (including phenoxy) is 1. The zero-order chi connectivity index (χ0) is 20.4. The van der Waals surface area contributed by atoms with Crippen molar-refractivity contribution in [3.8, 4) is 17.3 Å². The van der Waals surface area contributed by atoms with E-state index in [0.717, 1.165) is 12.8 Å². The summed E-state index contributed by atoms with van der Waals surface area (Å²) < 4.78 is 38.5. The van der Waals surface area contributed by atoms with Crippen molar-refractivity contribution >= 4 is 21.6 Å². The Morgan fingerprint density at radius 1 is 1.24 bits per heavy atom. The summed E-state index contributed by atoms with van der Waals surface area (Å²) in [5, 5.41) is 7.64. The summed E-state index contributed by atoms with van der Waals surface area (Å²) in [7, 11) is -2.43. The van der Waals surface area contributed by atoms with Crippen LogP contribution in [-0.2, 0) is 10.0 Å². The molecule has 1 aliphatic rings. The number of hydrogen-bond donors (Lipinski definition) is 2. The lowest BCUT2D eigenvalue weighted by molar-refractivity contribution is 0.0754. The monoisotopic (exact) mass is 417 g/mol. The summed E-state index contributed by atoms with van der Waals surface area (Å²) in [5.41, 5.74) is 0.604. The number of hydrogen-bond acceptors (Lipinski definition) is 7. The number of nitrogens with one attached hydrogen (secondary N) is 2. The zero-order valence-corrected chi connectivity index (χ0v) is 16.4. The van der Waals surface area contributed by atoms with Crippen LogP contribution in [0.2, 0.25) is 0 Å². The summed E-state index contributed by atoms with van der Waals surface area (Å²) in [6, 6.07) is 8.03. The molecule has 4 rings (SSSR count). The molecular weight excluding hydrogens is 398 g/mol. The SMILES string of the molecule is COc1ccccc1NS(=O)(=O)c1c[nH]c(-c2nnc(C(=O)N3CCCC3)o2)c1. The predicted molar refractivity (Wildman–Crippen MR) is 103 cm³/mol. The molecule has 0 unspecified atom stereocenters. The second kappa shape index (κ2) is 7.59. The summed E-state index contributed by atoms with van der Waals surface area (Å²) in [5.74, 6) is -0.00774. The maximum absolute atomic E-state index is 12.7. The van der Waals surface area contributed by atoms with E-state index in [-0.39, 0.29) is 22.6 Å². The quantitative estimate of drug-likeness (QED) is 0.628. The van der Waals surface area contributed by atoms with E-state index in [0.29, 0.717) is 30.2 Å². The Labute approximate surface area is 166 Å². The van der Waals surface area contributed by atoms with Gasteiger partial charge in [-0.25, -0.2) is 8.42 Å². The summed E-state index contributed by atoms with van der Waals surface area (Å²) in [6.07, 6.45) is 3.20. The first kappa shape index (κ1) is 19.0. The van der Waals surface area contributed by atoms with Gasteiger partial charge in [0.25, 0.3) is 15.9 Å². The van der Waals surface area contributed by atoms with Crippen molar-refractivity contribution in [2.75, 3.05) is 24.9 Å². The summed E-state index contributed by atoms with van der Waals surface area (Å²) in [6.45, 7) is 1.33. The Morgan fingerprint density at radius 3 is 2.76 bits per heavy atom. The van der Waals surface area contributed by atoms with E-state index in [4.69, 9.17) is 9.15 Å². The molecule has 152 valence electrons. The Bertz CT molecular complexity index is 1130. The molecular formula is C18H19N5O5S. The number of para-hydroxylation sites is 2. The first-order chi connectivity index (χ1) is 14.0. The summed E-state index contributed by atoms with van der Waals surface area (Å²) in [4.78, 5) is 16.7. The number of methoxy groups -OCH3 is 1. The molecule has 1 aromatic carbocycles. The molecule has 3 heterocycles. The van der Waals surface area contributed by atoms with E-state index in [1.807, 2.05) is 0 Å². The molecule has 0 bridgehead atoms. The molecule has 3 aromatic rings. The van der Waals surface area contributed by atoms with E-state index in [1.165, 1.54) is 19.4 Å². The highest BCUT2D eigenvalue weighted by Crippen LogP contribution is 2.27. The van der Waals surface area contributed by atoms with E-state index in [9.17, 15) is 13.2 Å².